The zero-order chi connectivity index (χ0) is 32.5. The largest absolute Gasteiger partial charge is 0.444 e. The number of amides is 4. The van der Waals surface area contributed by atoms with Gasteiger partial charge in [0, 0.05) is 26.7 Å². The van der Waals surface area contributed by atoms with Gasteiger partial charge in [0.2, 0.25) is 11.8 Å². The Kier molecular flexibility index (Phi) is 11.8. The average molecular weight is 609 g/mol. The minimum absolute atomic E-state index is 0.228. The summed E-state index contributed by atoms with van der Waals surface area (Å²) in [7, 11) is 1.58. The van der Waals surface area contributed by atoms with E-state index in [9.17, 15) is 19.2 Å². The maximum absolute atomic E-state index is 13.9. The second kappa shape index (κ2) is 15.1. The van der Waals surface area contributed by atoms with Crippen LogP contribution < -0.4 is 10.6 Å². The van der Waals surface area contributed by atoms with Gasteiger partial charge in [0.25, 0.3) is 0 Å². The minimum Gasteiger partial charge on any atom is -0.444 e. The van der Waals surface area contributed by atoms with Crippen molar-refractivity contribution in [2.24, 2.45) is 0 Å². The summed E-state index contributed by atoms with van der Waals surface area (Å²) in [4.78, 5) is 55.1. The Morgan fingerprint density at radius 3 is 1.98 bits per heavy atom. The van der Waals surface area contributed by atoms with Gasteiger partial charge in [-0.2, -0.15) is 0 Å². The molecule has 1 aliphatic heterocycles. The molecule has 0 spiro atoms. The summed E-state index contributed by atoms with van der Waals surface area (Å²) in [5, 5.41) is 5.70. The molecule has 10 nitrogen and oxygen atoms in total. The first-order valence-corrected chi connectivity index (χ1v) is 15.3. The number of hydrogen-bond acceptors (Lipinski definition) is 6. The topological polar surface area (TPSA) is 117 Å². The van der Waals surface area contributed by atoms with Crippen LogP contribution in [0.25, 0.3) is 0 Å². The first kappa shape index (κ1) is 34.4. The molecule has 2 aromatic carbocycles. The predicted molar refractivity (Wildman–Crippen MR) is 169 cm³/mol. The predicted octanol–water partition coefficient (Wildman–Crippen LogP) is 5.19. The van der Waals surface area contributed by atoms with Crippen LogP contribution in [0.2, 0.25) is 0 Å². The van der Waals surface area contributed by atoms with E-state index in [1.807, 2.05) is 75.4 Å². The number of ether oxygens (including phenoxy) is 2. The fourth-order valence-corrected chi connectivity index (χ4v) is 4.96. The molecule has 0 bridgehead atoms. The SMILES string of the molecule is CN(C(=O)OC(C)(C)C)[C@H](CCc1ccccc1)C(=O)N1CCC[C@H]1C(=O)NCc1ccc(CNC(=O)OC(C)(C)C)cc1. The molecule has 1 saturated heterocycles. The van der Waals surface area contributed by atoms with E-state index in [1.54, 1.807) is 32.7 Å². The summed E-state index contributed by atoms with van der Waals surface area (Å²) >= 11 is 0. The lowest BCUT2D eigenvalue weighted by Gasteiger charge is -2.34. The fourth-order valence-electron chi connectivity index (χ4n) is 4.96. The highest BCUT2D eigenvalue weighted by atomic mass is 16.6. The fraction of sp³-hybridized carbons (Fsp3) is 0.529. The molecule has 0 aromatic heterocycles. The van der Waals surface area contributed by atoms with E-state index in [4.69, 9.17) is 9.47 Å². The van der Waals surface area contributed by atoms with E-state index in [2.05, 4.69) is 10.6 Å². The molecule has 3 rings (SSSR count). The molecule has 0 saturated carbocycles. The van der Waals surface area contributed by atoms with Crippen LogP contribution in [0.1, 0.15) is 77.5 Å². The normalized spacial score (nSPS) is 15.7. The Balaban J connectivity index is 1.62. The van der Waals surface area contributed by atoms with Crippen LogP contribution in [-0.4, -0.2) is 70.7 Å². The van der Waals surface area contributed by atoms with Crippen molar-refractivity contribution >= 4 is 24.0 Å². The second-order valence-corrected chi connectivity index (χ2v) is 13.2. The zero-order valence-electron chi connectivity index (χ0n) is 27.1. The Labute approximate surface area is 261 Å². The Hall–Kier alpha value is -4.08. The number of aryl methyl sites for hydroxylation is 1. The van der Waals surface area contributed by atoms with Crippen molar-refractivity contribution in [3.63, 3.8) is 0 Å². The molecule has 0 unspecified atom stereocenters. The first-order chi connectivity index (χ1) is 20.6. The Bertz CT molecular complexity index is 1270. The van der Waals surface area contributed by atoms with Gasteiger partial charge < -0.3 is 25.0 Å². The summed E-state index contributed by atoms with van der Waals surface area (Å²) in [6.45, 7) is 11.9. The first-order valence-electron chi connectivity index (χ1n) is 15.3. The van der Waals surface area contributed by atoms with E-state index < -0.39 is 35.5 Å². The van der Waals surface area contributed by atoms with Crippen molar-refractivity contribution in [3.05, 3.63) is 71.3 Å². The van der Waals surface area contributed by atoms with E-state index in [0.29, 0.717) is 45.3 Å². The van der Waals surface area contributed by atoms with Gasteiger partial charge in [-0.15, -0.1) is 0 Å². The van der Waals surface area contributed by atoms with Crippen LogP contribution in [0.15, 0.2) is 54.6 Å². The average Bonchev–Trinajstić information content (AvgIpc) is 3.44. The Morgan fingerprint density at radius 1 is 0.841 bits per heavy atom. The van der Waals surface area contributed by atoms with Crippen LogP contribution in [0, 0.1) is 0 Å². The molecule has 2 aromatic rings. The van der Waals surface area contributed by atoms with Crippen LogP contribution in [0.3, 0.4) is 0 Å². The summed E-state index contributed by atoms with van der Waals surface area (Å²) in [6.07, 6.45) is 1.19. The number of nitrogens with one attached hydrogen (secondary N) is 2. The lowest BCUT2D eigenvalue weighted by molar-refractivity contribution is -0.142. The molecule has 2 N–H and O–H groups in total. The number of likely N-dealkylation sites (tertiary alicyclic amines) is 1. The maximum Gasteiger partial charge on any atom is 0.410 e. The highest BCUT2D eigenvalue weighted by molar-refractivity contribution is 5.91. The summed E-state index contributed by atoms with van der Waals surface area (Å²) in [6, 6.07) is 16.0. The van der Waals surface area contributed by atoms with Gasteiger partial charge in [-0.05, 0) is 83.9 Å². The lowest BCUT2D eigenvalue weighted by atomic mass is 10.0. The number of likely N-dealkylation sites (N-methyl/N-ethyl adjacent to an activating group) is 1. The monoisotopic (exact) mass is 608 g/mol. The van der Waals surface area contributed by atoms with E-state index in [-0.39, 0.29) is 11.8 Å². The molecule has 1 aliphatic rings. The van der Waals surface area contributed by atoms with Crippen molar-refractivity contribution in [3.8, 4) is 0 Å². The van der Waals surface area contributed by atoms with Gasteiger partial charge in [0.1, 0.15) is 23.3 Å². The molecule has 4 amide bonds. The summed E-state index contributed by atoms with van der Waals surface area (Å²) < 4.78 is 10.8. The van der Waals surface area contributed by atoms with Crippen LogP contribution in [-0.2, 0) is 38.6 Å². The van der Waals surface area contributed by atoms with Crippen LogP contribution >= 0.6 is 0 Å². The number of carbonyl (C=O) groups excluding carboxylic acids is 4. The van der Waals surface area contributed by atoms with E-state index in [0.717, 1.165) is 16.7 Å². The lowest BCUT2D eigenvalue weighted by Crippen LogP contribution is -2.54. The number of nitrogens with zero attached hydrogens (tertiary/aromatic N) is 2. The van der Waals surface area contributed by atoms with Crippen molar-refractivity contribution in [1.29, 1.82) is 0 Å². The van der Waals surface area contributed by atoms with Crippen LogP contribution in [0.5, 0.6) is 0 Å². The molecule has 10 heteroatoms. The molecule has 0 radical (unpaired) electrons. The summed E-state index contributed by atoms with van der Waals surface area (Å²) in [5.74, 6) is -0.484. The molecular weight excluding hydrogens is 560 g/mol. The van der Waals surface area contributed by atoms with Gasteiger partial charge in [0.15, 0.2) is 0 Å². The van der Waals surface area contributed by atoms with Crippen molar-refractivity contribution in [2.75, 3.05) is 13.6 Å². The minimum atomic E-state index is -0.778. The quantitative estimate of drug-likeness (QED) is 0.384. The van der Waals surface area contributed by atoms with Crippen molar-refractivity contribution < 1.29 is 28.7 Å². The number of carbonyl (C=O) groups is 4. The third-order valence-corrected chi connectivity index (χ3v) is 7.15. The molecule has 2 atom stereocenters. The van der Waals surface area contributed by atoms with Gasteiger partial charge in [0.05, 0.1) is 0 Å². The van der Waals surface area contributed by atoms with Gasteiger partial charge in [-0.3, -0.25) is 14.5 Å². The van der Waals surface area contributed by atoms with E-state index in [1.165, 1.54) is 4.90 Å². The highest BCUT2D eigenvalue weighted by Gasteiger charge is 2.40. The van der Waals surface area contributed by atoms with Crippen molar-refractivity contribution in [1.82, 2.24) is 20.4 Å². The number of benzene rings is 2. The van der Waals surface area contributed by atoms with Crippen LogP contribution in [0.4, 0.5) is 9.59 Å². The van der Waals surface area contributed by atoms with Crippen molar-refractivity contribution in [2.45, 2.75) is 104 Å². The molecule has 240 valence electrons. The maximum atomic E-state index is 13.9. The number of alkyl carbamates (subject to hydrolysis) is 1. The standard InChI is InChI=1S/C34H48N4O6/c1-33(2,3)43-31(41)36-23-26-17-15-25(16-18-26)22-35-29(39)27-14-11-21-38(27)30(40)28(20-19-24-12-9-8-10-13-24)37(7)32(42)44-34(4,5)6/h8-10,12-13,15-18,27-28H,11,14,19-23H2,1-7H3,(H,35,39)(H,36,41)/t27-,28+/m0/s1. The molecule has 0 aliphatic carbocycles. The molecule has 1 fully saturated rings. The molecule has 1 heterocycles. The molecule has 44 heavy (non-hydrogen) atoms. The number of rotatable bonds is 10. The van der Waals surface area contributed by atoms with E-state index >= 15 is 0 Å². The smallest absolute Gasteiger partial charge is 0.410 e. The van der Waals surface area contributed by atoms with Gasteiger partial charge >= 0.3 is 12.2 Å². The summed E-state index contributed by atoms with van der Waals surface area (Å²) in [5.41, 5.74) is 1.57. The van der Waals surface area contributed by atoms with Gasteiger partial charge in [-0.1, -0.05) is 54.6 Å². The number of hydrogen-bond donors (Lipinski definition) is 2. The zero-order valence-corrected chi connectivity index (χ0v) is 27.1. The Morgan fingerprint density at radius 2 is 1.41 bits per heavy atom. The second-order valence-electron chi connectivity index (χ2n) is 13.2. The molecular formula is C34H48N4O6. The van der Waals surface area contributed by atoms with Gasteiger partial charge in [-0.25, -0.2) is 9.59 Å². The highest BCUT2D eigenvalue weighted by Crippen LogP contribution is 2.23. The third-order valence-electron chi connectivity index (χ3n) is 7.15. The third kappa shape index (κ3) is 10.9.